The fourth-order valence-electron chi connectivity index (χ4n) is 3.05. The average molecular weight is 379 g/mol. The van der Waals surface area contributed by atoms with Crippen molar-refractivity contribution in [3.63, 3.8) is 0 Å². The van der Waals surface area contributed by atoms with Crippen LogP contribution < -0.4 is 14.2 Å². The number of carbonyl (C=O) groups excluding carboxylic acids is 1. The summed E-state index contributed by atoms with van der Waals surface area (Å²) in [6, 6.07) is 17.0. The van der Waals surface area contributed by atoms with Gasteiger partial charge in [0.1, 0.15) is 12.4 Å². The van der Waals surface area contributed by atoms with Gasteiger partial charge in [-0.05, 0) is 42.8 Å². The van der Waals surface area contributed by atoms with E-state index in [0.29, 0.717) is 24.6 Å². The summed E-state index contributed by atoms with van der Waals surface area (Å²) < 4.78 is 22.0. The van der Waals surface area contributed by atoms with Crippen LogP contribution in [-0.4, -0.2) is 24.1 Å². The zero-order valence-electron chi connectivity index (χ0n) is 15.6. The fraction of sp³-hybridized carbons (Fsp3) is 0.227. The molecule has 0 saturated carbocycles. The second-order valence-electron chi connectivity index (χ2n) is 6.38. The van der Waals surface area contributed by atoms with Crippen molar-refractivity contribution in [1.29, 1.82) is 0 Å². The van der Waals surface area contributed by atoms with E-state index in [-0.39, 0.29) is 19.3 Å². The van der Waals surface area contributed by atoms with Crippen LogP contribution in [0.25, 0.3) is 0 Å². The monoisotopic (exact) mass is 379 g/mol. The summed E-state index contributed by atoms with van der Waals surface area (Å²) in [6.07, 6.45) is 1.52. The number of amides is 1. The highest BCUT2D eigenvalue weighted by Gasteiger charge is 2.22. The van der Waals surface area contributed by atoms with Crippen molar-refractivity contribution < 1.29 is 23.4 Å². The van der Waals surface area contributed by atoms with Gasteiger partial charge in [0.25, 0.3) is 5.91 Å². The van der Waals surface area contributed by atoms with Gasteiger partial charge >= 0.3 is 0 Å². The molecule has 0 atom stereocenters. The third-order valence-corrected chi connectivity index (χ3v) is 4.56. The summed E-state index contributed by atoms with van der Waals surface area (Å²) in [5.74, 6) is 2.31. The van der Waals surface area contributed by atoms with Crippen LogP contribution in [0.3, 0.4) is 0 Å². The van der Waals surface area contributed by atoms with E-state index in [2.05, 4.69) is 0 Å². The number of carbonyl (C=O) groups is 1. The first-order valence-corrected chi connectivity index (χ1v) is 9.16. The minimum Gasteiger partial charge on any atom is -0.489 e. The predicted octanol–water partition coefficient (Wildman–Crippen LogP) is 4.25. The average Bonchev–Trinajstić information content (AvgIpc) is 3.39. The minimum atomic E-state index is -0.170. The van der Waals surface area contributed by atoms with Crippen molar-refractivity contribution in [2.24, 2.45) is 0 Å². The van der Waals surface area contributed by atoms with Crippen molar-refractivity contribution in [2.75, 3.05) is 13.3 Å². The normalized spacial score (nSPS) is 12.0. The molecular weight excluding hydrogens is 358 g/mol. The molecular formula is C22H21NO5. The van der Waals surface area contributed by atoms with Gasteiger partial charge in [-0.2, -0.15) is 0 Å². The number of hydrogen-bond acceptors (Lipinski definition) is 5. The molecule has 2 heterocycles. The van der Waals surface area contributed by atoms with Crippen LogP contribution in [0.4, 0.5) is 0 Å². The van der Waals surface area contributed by atoms with Crippen molar-refractivity contribution in [3.05, 3.63) is 77.7 Å². The Morgan fingerprint density at radius 1 is 1.07 bits per heavy atom. The van der Waals surface area contributed by atoms with Crippen molar-refractivity contribution in [2.45, 2.75) is 20.1 Å². The number of hydrogen-bond donors (Lipinski definition) is 0. The summed E-state index contributed by atoms with van der Waals surface area (Å²) in [5.41, 5.74) is 1.69. The van der Waals surface area contributed by atoms with E-state index in [4.69, 9.17) is 18.6 Å². The van der Waals surface area contributed by atoms with Gasteiger partial charge < -0.3 is 23.5 Å². The zero-order chi connectivity index (χ0) is 19.3. The topological polar surface area (TPSA) is 61.1 Å². The number of ether oxygens (including phenoxy) is 3. The molecule has 0 N–H and O–H groups in total. The first-order chi connectivity index (χ1) is 13.7. The maximum absolute atomic E-state index is 13.0. The molecule has 6 heteroatoms. The Hall–Kier alpha value is -3.41. The van der Waals surface area contributed by atoms with Crippen LogP contribution in [-0.2, 0) is 13.2 Å². The van der Waals surface area contributed by atoms with Crippen LogP contribution in [0.15, 0.2) is 65.3 Å². The number of rotatable bonds is 7. The summed E-state index contributed by atoms with van der Waals surface area (Å²) >= 11 is 0. The molecule has 1 aliphatic heterocycles. The fourth-order valence-corrected chi connectivity index (χ4v) is 3.05. The summed E-state index contributed by atoms with van der Waals surface area (Å²) in [5, 5.41) is 0. The van der Waals surface area contributed by atoms with E-state index in [1.807, 2.05) is 55.5 Å². The molecule has 2 aromatic carbocycles. The lowest BCUT2D eigenvalue weighted by Crippen LogP contribution is -2.30. The molecule has 3 aromatic rings. The Bertz CT molecular complexity index is 951. The number of fused-ring (bicyclic) bond motifs is 1. The van der Waals surface area contributed by atoms with Gasteiger partial charge in [0, 0.05) is 18.7 Å². The zero-order valence-corrected chi connectivity index (χ0v) is 15.6. The summed E-state index contributed by atoms with van der Waals surface area (Å²) in [4.78, 5) is 14.8. The lowest BCUT2D eigenvalue weighted by atomic mass is 10.1. The van der Waals surface area contributed by atoms with E-state index >= 15 is 0 Å². The largest absolute Gasteiger partial charge is 0.489 e. The van der Waals surface area contributed by atoms with Gasteiger partial charge in [0.05, 0.1) is 6.26 Å². The van der Waals surface area contributed by atoms with Crippen LogP contribution in [0.1, 0.15) is 28.6 Å². The van der Waals surface area contributed by atoms with Gasteiger partial charge in [-0.3, -0.25) is 4.79 Å². The third kappa shape index (κ3) is 3.81. The molecule has 0 unspecified atom stereocenters. The number of para-hydroxylation sites is 1. The number of furan rings is 1. The van der Waals surface area contributed by atoms with Crippen LogP contribution in [0.5, 0.6) is 17.2 Å². The van der Waals surface area contributed by atoms with Crippen LogP contribution >= 0.6 is 0 Å². The molecule has 0 saturated heterocycles. The maximum Gasteiger partial charge on any atom is 0.290 e. The molecule has 0 fully saturated rings. The second-order valence-corrected chi connectivity index (χ2v) is 6.38. The lowest BCUT2D eigenvalue weighted by Gasteiger charge is -2.20. The smallest absolute Gasteiger partial charge is 0.290 e. The first kappa shape index (κ1) is 18.0. The molecule has 0 spiro atoms. The molecule has 0 aliphatic carbocycles. The van der Waals surface area contributed by atoms with E-state index in [1.165, 1.54) is 6.26 Å². The Labute approximate surface area is 163 Å². The van der Waals surface area contributed by atoms with E-state index in [1.54, 1.807) is 11.0 Å². The molecule has 0 bridgehead atoms. The Morgan fingerprint density at radius 2 is 1.89 bits per heavy atom. The highest BCUT2D eigenvalue weighted by Crippen LogP contribution is 2.33. The molecule has 1 amide bonds. The van der Waals surface area contributed by atoms with Crippen LogP contribution in [0, 0.1) is 0 Å². The van der Waals surface area contributed by atoms with E-state index in [9.17, 15) is 4.79 Å². The molecule has 144 valence electrons. The highest BCUT2D eigenvalue weighted by atomic mass is 16.7. The Kier molecular flexibility index (Phi) is 5.19. The Morgan fingerprint density at radius 3 is 2.71 bits per heavy atom. The standard InChI is InChI=1S/C22H21NO5/c1-2-23(13-16-8-9-19-20(12-16)28-15-27-19)22(24)21-17(10-11-25-21)14-26-18-6-4-3-5-7-18/h3-12H,2,13-15H2,1H3. The van der Waals surface area contributed by atoms with E-state index < -0.39 is 0 Å². The first-order valence-electron chi connectivity index (χ1n) is 9.16. The quantitative estimate of drug-likeness (QED) is 0.614. The lowest BCUT2D eigenvalue weighted by molar-refractivity contribution is 0.0716. The van der Waals surface area contributed by atoms with Gasteiger partial charge in [-0.1, -0.05) is 24.3 Å². The number of nitrogens with zero attached hydrogens (tertiary/aromatic N) is 1. The van der Waals surface area contributed by atoms with Crippen molar-refractivity contribution in [1.82, 2.24) is 4.90 Å². The molecule has 28 heavy (non-hydrogen) atoms. The molecule has 6 nitrogen and oxygen atoms in total. The molecule has 0 radical (unpaired) electrons. The SMILES string of the molecule is CCN(Cc1ccc2c(c1)OCO2)C(=O)c1occc1COc1ccccc1. The Balaban J connectivity index is 1.46. The van der Waals surface area contributed by atoms with Crippen molar-refractivity contribution in [3.8, 4) is 17.2 Å². The molecule has 1 aromatic heterocycles. The summed E-state index contributed by atoms with van der Waals surface area (Å²) in [7, 11) is 0. The molecule has 4 rings (SSSR count). The predicted molar refractivity (Wildman–Crippen MR) is 102 cm³/mol. The second kappa shape index (κ2) is 8.08. The maximum atomic E-state index is 13.0. The number of benzene rings is 2. The molecule has 1 aliphatic rings. The third-order valence-electron chi connectivity index (χ3n) is 4.56. The summed E-state index contributed by atoms with van der Waals surface area (Å²) in [6.45, 7) is 3.43. The van der Waals surface area contributed by atoms with Gasteiger partial charge in [-0.25, -0.2) is 0 Å². The van der Waals surface area contributed by atoms with Gasteiger partial charge in [0.15, 0.2) is 17.3 Å². The van der Waals surface area contributed by atoms with E-state index in [0.717, 1.165) is 22.6 Å². The highest BCUT2D eigenvalue weighted by molar-refractivity contribution is 5.92. The van der Waals surface area contributed by atoms with Gasteiger partial charge in [0.2, 0.25) is 6.79 Å². The minimum absolute atomic E-state index is 0.170. The van der Waals surface area contributed by atoms with Crippen LogP contribution in [0.2, 0.25) is 0 Å². The van der Waals surface area contributed by atoms with Gasteiger partial charge in [-0.15, -0.1) is 0 Å². The van der Waals surface area contributed by atoms with Crippen molar-refractivity contribution >= 4 is 5.91 Å².